The molecule has 1 aliphatic heterocycles. The molecule has 0 aromatic carbocycles. The number of phosphoric ester groups is 1. The molecule has 1 unspecified atom stereocenters. The Morgan fingerprint density at radius 3 is 2.29 bits per heavy atom. The zero-order valence-corrected chi connectivity index (χ0v) is 8.51. The smallest absolute Gasteiger partial charge is 0.387 e. The molecule has 0 aromatic heterocycles. The Kier molecular flexibility index (Phi) is 3.90. The number of aliphatic hydroxyl groups is 2. The quantitative estimate of drug-likeness (QED) is 0.365. The van der Waals surface area contributed by atoms with Gasteiger partial charge < -0.3 is 24.7 Å². The van der Waals surface area contributed by atoms with Gasteiger partial charge in [-0.25, -0.2) is 4.57 Å². The maximum Gasteiger partial charge on any atom is 0.472 e. The number of hydrogen-bond acceptors (Lipinski definition) is 5. The minimum absolute atomic E-state index is 0.112. The first-order chi connectivity index (χ1) is 6.35. The lowest BCUT2D eigenvalue weighted by molar-refractivity contribution is -0.116. The number of phosphoric acid groups is 1. The summed E-state index contributed by atoms with van der Waals surface area (Å²) in [5.74, 6) is -0.112. The summed E-state index contributed by atoms with van der Waals surface area (Å²) < 4.78 is 19.3. The second-order valence-electron chi connectivity index (χ2n) is 2.77. The van der Waals surface area contributed by atoms with Crippen molar-refractivity contribution in [1.29, 1.82) is 0 Å². The molecule has 1 rings (SSSR count). The van der Waals surface area contributed by atoms with E-state index in [4.69, 9.17) is 26.1 Å². The molecule has 1 aliphatic rings. The molecule has 1 heterocycles. The van der Waals surface area contributed by atoms with Crippen molar-refractivity contribution < 1.29 is 33.8 Å². The van der Waals surface area contributed by atoms with E-state index in [1.165, 1.54) is 0 Å². The van der Waals surface area contributed by atoms with E-state index < -0.39 is 32.4 Å². The first-order valence-corrected chi connectivity index (χ1v) is 5.73. The molecule has 0 amide bonds. The van der Waals surface area contributed by atoms with Crippen LogP contribution in [0.25, 0.3) is 0 Å². The Bertz CT molecular complexity index is 242. The predicted octanol–water partition coefficient (Wildman–Crippen LogP) is -1.22. The van der Waals surface area contributed by atoms with E-state index in [1.54, 1.807) is 0 Å². The van der Waals surface area contributed by atoms with Crippen molar-refractivity contribution in [3.05, 3.63) is 0 Å². The van der Waals surface area contributed by atoms with Crippen molar-refractivity contribution in [3.63, 3.8) is 0 Å². The molecular weight excluding hydrogens is 238 g/mol. The van der Waals surface area contributed by atoms with Crippen LogP contribution in [0.5, 0.6) is 0 Å². The van der Waals surface area contributed by atoms with Gasteiger partial charge in [0.2, 0.25) is 0 Å². The Hall–Kier alpha value is 0.280. The van der Waals surface area contributed by atoms with E-state index >= 15 is 0 Å². The first-order valence-electron chi connectivity index (χ1n) is 3.66. The fourth-order valence-corrected chi connectivity index (χ4v) is 1.76. The average Bonchev–Trinajstić information content (AvgIpc) is 2.30. The van der Waals surface area contributed by atoms with Gasteiger partial charge in [0.15, 0.2) is 6.29 Å². The molecule has 4 N–H and O–H groups in total. The molecule has 7 nitrogen and oxygen atoms in total. The molecule has 0 radical (unpaired) electrons. The Labute approximate surface area is 84.5 Å². The van der Waals surface area contributed by atoms with Crippen LogP contribution in [0.15, 0.2) is 0 Å². The molecule has 4 atom stereocenters. The first kappa shape index (κ1) is 12.4. The molecular formula is C5H10ClO7P. The number of aliphatic hydroxyl groups excluding tert-OH is 2. The molecule has 0 bridgehead atoms. The van der Waals surface area contributed by atoms with Crippen LogP contribution in [0, 0.1) is 0 Å². The topological polar surface area (TPSA) is 116 Å². The van der Waals surface area contributed by atoms with Crippen LogP contribution in [-0.2, 0) is 13.8 Å². The van der Waals surface area contributed by atoms with Gasteiger partial charge in [-0.1, -0.05) is 0 Å². The summed E-state index contributed by atoms with van der Waals surface area (Å²) in [5, 5.41) is 18.5. The molecule has 1 fully saturated rings. The lowest BCUT2D eigenvalue weighted by atomic mass is 10.2. The number of hydrogen-bond donors (Lipinski definition) is 4. The standard InChI is InChI=1S/C5H10ClO7P/c6-1-2-3(7)4(8)5(12-2)13-14(9,10)11/h2-5,7-8H,1H2,(H2,9,10,11)/t2-,3-,4-,5?/m1/s1. The lowest BCUT2D eigenvalue weighted by Gasteiger charge is -2.15. The summed E-state index contributed by atoms with van der Waals surface area (Å²) in [7, 11) is -4.75. The Morgan fingerprint density at radius 1 is 1.36 bits per heavy atom. The third-order valence-electron chi connectivity index (χ3n) is 1.71. The second kappa shape index (κ2) is 4.42. The molecule has 9 heteroatoms. The zero-order chi connectivity index (χ0) is 10.9. The van der Waals surface area contributed by atoms with Crippen LogP contribution in [0.4, 0.5) is 0 Å². The molecule has 1 saturated heterocycles. The van der Waals surface area contributed by atoms with E-state index in [1.807, 2.05) is 0 Å². The van der Waals surface area contributed by atoms with E-state index in [9.17, 15) is 14.8 Å². The van der Waals surface area contributed by atoms with E-state index in [0.717, 1.165) is 0 Å². The number of halogens is 1. The Morgan fingerprint density at radius 2 is 1.93 bits per heavy atom. The number of rotatable bonds is 3. The molecule has 0 aromatic rings. The van der Waals surface area contributed by atoms with Crippen molar-refractivity contribution in [1.82, 2.24) is 0 Å². The van der Waals surface area contributed by atoms with Gasteiger partial charge in [-0.2, -0.15) is 0 Å². The van der Waals surface area contributed by atoms with Crippen LogP contribution in [0.2, 0.25) is 0 Å². The molecule has 0 aliphatic carbocycles. The highest BCUT2D eigenvalue weighted by molar-refractivity contribution is 7.46. The number of ether oxygens (including phenoxy) is 1. The van der Waals surface area contributed by atoms with Crippen LogP contribution < -0.4 is 0 Å². The monoisotopic (exact) mass is 248 g/mol. The van der Waals surface area contributed by atoms with Crippen LogP contribution in [0.3, 0.4) is 0 Å². The van der Waals surface area contributed by atoms with Gasteiger partial charge in [-0.05, 0) is 0 Å². The zero-order valence-electron chi connectivity index (χ0n) is 6.86. The summed E-state index contributed by atoms with van der Waals surface area (Å²) in [6.45, 7) is 0. The van der Waals surface area contributed by atoms with Crippen molar-refractivity contribution >= 4 is 19.4 Å². The summed E-state index contributed by atoms with van der Waals surface area (Å²) in [6.07, 6.45) is -5.30. The molecule has 84 valence electrons. The molecule has 0 saturated carbocycles. The van der Waals surface area contributed by atoms with Gasteiger partial charge in [-0.3, -0.25) is 4.52 Å². The summed E-state index contributed by atoms with van der Waals surface area (Å²) in [4.78, 5) is 16.8. The normalized spacial score (nSPS) is 38.9. The van der Waals surface area contributed by atoms with Crippen LogP contribution >= 0.6 is 19.4 Å². The van der Waals surface area contributed by atoms with Gasteiger partial charge >= 0.3 is 7.82 Å². The maximum absolute atomic E-state index is 10.4. The highest BCUT2D eigenvalue weighted by atomic mass is 35.5. The van der Waals surface area contributed by atoms with Gasteiger partial charge in [0.1, 0.15) is 18.3 Å². The van der Waals surface area contributed by atoms with E-state index in [2.05, 4.69) is 4.52 Å². The highest BCUT2D eigenvalue weighted by Gasteiger charge is 2.45. The van der Waals surface area contributed by atoms with Crippen LogP contribution in [-0.4, -0.2) is 50.5 Å². The summed E-state index contributed by atoms with van der Waals surface area (Å²) in [5.41, 5.74) is 0. The third kappa shape index (κ3) is 2.88. The largest absolute Gasteiger partial charge is 0.472 e. The fraction of sp³-hybridized carbons (Fsp3) is 1.00. The highest BCUT2D eigenvalue weighted by Crippen LogP contribution is 2.41. The minimum atomic E-state index is -4.75. The van der Waals surface area contributed by atoms with Crippen molar-refractivity contribution in [2.24, 2.45) is 0 Å². The van der Waals surface area contributed by atoms with Crippen LogP contribution in [0.1, 0.15) is 0 Å². The predicted molar refractivity (Wildman–Crippen MR) is 44.5 cm³/mol. The summed E-state index contributed by atoms with van der Waals surface area (Å²) >= 11 is 5.36. The SMILES string of the molecule is O=P(O)(O)OC1O[C@H](CCl)[C@@H](O)[C@H]1O. The van der Waals surface area contributed by atoms with Crippen molar-refractivity contribution in [2.75, 3.05) is 5.88 Å². The fourth-order valence-electron chi connectivity index (χ4n) is 1.06. The van der Waals surface area contributed by atoms with Gasteiger partial charge in [0, 0.05) is 0 Å². The minimum Gasteiger partial charge on any atom is -0.387 e. The Balaban J connectivity index is 2.61. The average molecular weight is 249 g/mol. The molecule has 14 heavy (non-hydrogen) atoms. The van der Waals surface area contributed by atoms with E-state index in [0.29, 0.717) is 0 Å². The lowest BCUT2D eigenvalue weighted by Crippen LogP contribution is -2.33. The summed E-state index contributed by atoms with van der Waals surface area (Å²) in [6, 6.07) is 0. The van der Waals surface area contributed by atoms with Gasteiger partial charge in [0.25, 0.3) is 0 Å². The van der Waals surface area contributed by atoms with Crippen molar-refractivity contribution in [3.8, 4) is 0 Å². The maximum atomic E-state index is 10.4. The molecule has 0 spiro atoms. The van der Waals surface area contributed by atoms with Gasteiger partial charge in [0.05, 0.1) is 5.88 Å². The third-order valence-corrected chi connectivity index (χ3v) is 2.50. The number of alkyl halides is 1. The second-order valence-corrected chi connectivity index (χ2v) is 4.27. The van der Waals surface area contributed by atoms with Gasteiger partial charge in [-0.15, -0.1) is 11.6 Å². The van der Waals surface area contributed by atoms with E-state index in [-0.39, 0.29) is 5.88 Å². The van der Waals surface area contributed by atoms with Crippen molar-refractivity contribution in [2.45, 2.75) is 24.6 Å².